The van der Waals surface area contributed by atoms with Crippen LogP contribution in [0.1, 0.15) is 77.6 Å². The van der Waals surface area contributed by atoms with E-state index in [1.165, 1.54) is 21.3 Å². The van der Waals surface area contributed by atoms with E-state index in [-0.39, 0.29) is 21.4 Å². The van der Waals surface area contributed by atoms with Crippen molar-refractivity contribution in [3.8, 4) is 11.3 Å². The summed E-state index contributed by atoms with van der Waals surface area (Å²) in [6.07, 6.45) is 2.55. The molecule has 1 aromatic heterocycles. The molecule has 0 amide bonds. The molecule has 3 rings (SSSR count). The molecule has 0 saturated carbocycles. The van der Waals surface area contributed by atoms with Gasteiger partial charge in [-0.1, -0.05) is 54.0 Å². The Labute approximate surface area is 199 Å². The molecule has 0 radical (unpaired) electrons. The number of piperidine rings is 1. The molecule has 1 aromatic carbocycles. The standard InChI is InChI=1S/C24H37N3O4S2/c1-17-22(32(25,28)29)16-21(27(17)33(30,31)26-11-9-8-10-12-26)18-13-19(23(2,3)4)15-20(14-18)24(5,6)7/h13-16H,8-12H2,1-7H3,(H2,25,28,29). The van der Waals surface area contributed by atoms with E-state index in [1.807, 2.05) is 12.1 Å². The van der Waals surface area contributed by atoms with Crippen LogP contribution in [0.4, 0.5) is 0 Å². The largest absolute Gasteiger partial charge is 0.308 e. The van der Waals surface area contributed by atoms with Gasteiger partial charge in [0, 0.05) is 13.1 Å². The molecular formula is C24H37N3O4S2. The maximum atomic E-state index is 13.8. The highest BCUT2D eigenvalue weighted by molar-refractivity contribution is 7.89. The molecule has 9 heteroatoms. The summed E-state index contributed by atoms with van der Waals surface area (Å²) in [6, 6.07) is 7.46. The van der Waals surface area contributed by atoms with Gasteiger partial charge in [-0.15, -0.1) is 0 Å². The van der Waals surface area contributed by atoms with Crippen LogP contribution in [-0.4, -0.2) is 38.2 Å². The van der Waals surface area contributed by atoms with E-state index in [1.54, 1.807) is 0 Å². The summed E-state index contributed by atoms with van der Waals surface area (Å²) in [4.78, 5) is -0.170. The van der Waals surface area contributed by atoms with Crippen molar-refractivity contribution < 1.29 is 16.8 Å². The van der Waals surface area contributed by atoms with Gasteiger partial charge in [0.1, 0.15) is 4.90 Å². The number of nitrogens with two attached hydrogens (primary N) is 1. The third-order valence-electron chi connectivity index (χ3n) is 6.29. The minimum absolute atomic E-state index is 0.108. The molecule has 184 valence electrons. The molecule has 7 nitrogen and oxygen atoms in total. The first kappa shape index (κ1) is 25.9. The molecule has 0 spiro atoms. The van der Waals surface area contributed by atoms with Crippen LogP contribution in [0, 0.1) is 6.92 Å². The maximum Gasteiger partial charge on any atom is 0.308 e. The van der Waals surface area contributed by atoms with E-state index >= 15 is 0 Å². The van der Waals surface area contributed by atoms with Crippen molar-refractivity contribution >= 4 is 20.2 Å². The number of rotatable bonds is 4. The van der Waals surface area contributed by atoms with Gasteiger partial charge in [-0.2, -0.15) is 12.7 Å². The highest BCUT2D eigenvalue weighted by atomic mass is 32.2. The second-order valence-corrected chi connectivity index (χ2v) is 14.4. The molecule has 2 N–H and O–H groups in total. The lowest BCUT2D eigenvalue weighted by Crippen LogP contribution is -2.40. The van der Waals surface area contributed by atoms with Gasteiger partial charge in [0.15, 0.2) is 0 Å². The Hall–Kier alpha value is -1.68. The Morgan fingerprint density at radius 2 is 1.27 bits per heavy atom. The van der Waals surface area contributed by atoms with Crippen LogP contribution in [0.25, 0.3) is 11.3 Å². The van der Waals surface area contributed by atoms with Crippen LogP contribution in [0.3, 0.4) is 0 Å². The van der Waals surface area contributed by atoms with Crippen LogP contribution in [-0.2, 0) is 31.1 Å². The van der Waals surface area contributed by atoms with Crippen LogP contribution in [0.2, 0.25) is 0 Å². The summed E-state index contributed by atoms with van der Waals surface area (Å²) >= 11 is 0. The van der Waals surface area contributed by atoms with Gasteiger partial charge in [0.2, 0.25) is 10.0 Å². The monoisotopic (exact) mass is 495 g/mol. The van der Waals surface area contributed by atoms with E-state index in [0.29, 0.717) is 24.3 Å². The average Bonchev–Trinajstić information content (AvgIpc) is 3.05. The van der Waals surface area contributed by atoms with Crippen molar-refractivity contribution in [3.63, 3.8) is 0 Å². The molecule has 0 bridgehead atoms. The topological polar surface area (TPSA) is 102 Å². The summed E-state index contributed by atoms with van der Waals surface area (Å²) in [7, 11) is -8.09. The van der Waals surface area contributed by atoms with E-state index in [9.17, 15) is 16.8 Å². The van der Waals surface area contributed by atoms with Crippen molar-refractivity contribution in [3.05, 3.63) is 41.1 Å². The van der Waals surface area contributed by atoms with Crippen molar-refractivity contribution in [2.45, 2.75) is 83.5 Å². The third kappa shape index (κ3) is 5.21. The van der Waals surface area contributed by atoms with Gasteiger partial charge in [0.05, 0.1) is 11.4 Å². The average molecular weight is 496 g/mol. The van der Waals surface area contributed by atoms with Crippen LogP contribution >= 0.6 is 0 Å². The minimum atomic E-state index is -4.12. The Morgan fingerprint density at radius 3 is 1.70 bits per heavy atom. The molecule has 2 heterocycles. The maximum absolute atomic E-state index is 13.8. The molecule has 1 saturated heterocycles. The molecule has 1 fully saturated rings. The zero-order valence-electron chi connectivity index (χ0n) is 20.8. The van der Waals surface area contributed by atoms with Crippen molar-refractivity contribution in [2.75, 3.05) is 13.1 Å². The van der Waals surface area contributed by atoms with Crippen molar-refractivity contribution in [1.29, 1.82) is 0 Å². The Morgan fingerprint density at radius 1 is 0.788 bits per heavy atom. The Kier molecular flexibility index (Phi) is 6.69. The van der Waals surface area contributed by atoms with Gasteiger partial charge >= 0.3 is 10.2 Å². The minimum Gasteiger partial charge on any atom is -0.228 e. The number of nitrogens with zero attached hydrogens (tertiary/aromatic N) is 2. The molecule has 1 aliphatic heterocycles. The fraction of sp³-hybridized carbons (Fsp3) is 0.583. The lowest BCUT2D eigenvalue weighted by atomic mass is 9.79. The SMILES string of the molecule is Cc1c(S(N)(=O)=O)cc(-c2cc(C(C)(C)C)cc(C(C)(C)C)c2)n1S(=O)(=O)N1CCCCC1. The van der Waals surface area contributed by atoms with E-state index < -0.39 is 20.2 Å². The fourth-order valence-corrected chi connectivity index (χ4v) is 6.84. The zero-order valence-corrected chi connectivity index (χ0v) is 22.4. The third-order valence-corrected chi connectivity index (χ3v) is 9.26. The van der Waals surface area contributed by atoms with Crippen LogP contribution in [0.5, 0.6) is 0 Å². The summed E-state index contributed by atoms with van der Waals surface area (Å²) in [5.41, 5.74) is 2.81. The van der Waals surface area contributed by atoms with E-state index in [0.717, 1.165) is 30.4 Å². The number of hydrogen-bond donors (Lipinski definition) is 1. The predicted molar refractivity (Wildman–Crippen MR) is 133 cm³/mol. The highest BCUT2D eigenvalue weighted by Gasteiger charge is 2.33. The first-order chi connectivity index (χ1) is 14.9. The van der Waals surface area contributed by atoms with Gasteiger partial charge < -0.3 is 0 Å². The molecule has 2 aromatic rings. The molecule has 0 aliphatic carbocycles. The summed E-state index contributed by atoms with van der Waals surface area (Å²) in [6.45, 7) is 14.9. The zero-order chi connectivity index (χ0) is 25.0. The number of hydrogen-bond acceptors (Lipinski definition) is 4. The Bertz CT molecular complexity index is 1220. The van der Waals surface area contributed by atoms with Gasteiger partial charge in [0.25, 0.3) is 0 Å². The summed E-state index contributed by atoms with van der Waals surface area (Å²) in [5, 5.41) is 5.49. The summed E-state index contributed by atoms with van der Waals surface area (Å²) < 4.78 is 54.9. The summed E-state index contributed by atoms with van der Waals surface area (Å²) in [5.74, 6) is 0. The van der Waals surface area contributed by atoms with Crippen molar-refractivity contribution in [1.82, 2.24) is 8.28 Å². The number of primary sulfonamides is 1. The molecule has 1 aliphatic rings. The molecule has 33 heavy (non-hydrogen) atoms. The number of benzene rings is 1. The van der Waals surface area contributed by atoms with Gasteiger partial charge in [-0.3, -0.25) is 0 Å². The van der Waals surface area contributed by atoms with Gasteiger partial charge in [-0.05, 0) is 65.5 Å². The first-order valence-electron chi connectivity index (χ1n) is 11.4. The molecular weight excluding hydrogens is 458 g/mol. The quantitative estimate of drug-likeness (QED) is 0.684. The van der Waals surface area contributed by atoms with E-state index in [2.05, 4.69) is 47.6 Å². The normalized spacial score (nSPS) is 16.8. The van der Waals surface area contributed by atoms with Gasteiger partial charge in [-0.25, -0.2) is 17.5 Å². The van der Waals surface area contributed by atoms with E-state index in [4.69, 9.17) is 5.14 Å². The first-order valence-corrected chi connectivity index (χ1v) is 14.3. The Balaban J connectivity index is 2.38. The molecule has 0 unspecified atom stereocenters. The lowest BCUT2D eigenvalue weighted by Gasteiger charge is -2.29. The second-order valence-electron chi connectivity index (χ2n) is 11.1. The lowest BCUT2D eigenvalue weighted by molar-refractivity contribution is 0.343. The second kappa shape index (κ2) is 8.52. The predicted octanol–water partition coefficient (Wildman–Crippen LogP) is 4.28. The van der Waals surface area contributed by atoms with Crippen LogP contribution in [0.15, 0.2) is 29.2 Å². The smallest absolute Gasteiger partial charge is 0.228 e. The molecule has 0 atom stereocenters. The van der Waals surface area contributed by atoms with Crippen LogP contribution < -0.4 is 5.14 Å². The fourth-order valence-electron chi connectivity index (χ4n) is 4.21. The van der Waals surface area contributed by atoms with Crippen molar-refractivity contribution in [2.24, 2.45) is 5.14 Å². The number of aromatic nitrogens is 1. The highest BCUT2D eigenvalue weighted by Crippen LogP contribution is 2.37. The number of sulfonamides is 1.